The standard InChI is InChI=1S/C11H14O4/c12-3-5-14-9-6-8-2-1-4-15-11(8)10(13)7-9/h6-7,12-13H,1-5H2. The molecule has 0 unspecified atom stereocenters. The van der Waals surface area contributed by atoms with Crippen molar-refractivity contribution < 1.29 is 19.7 Å². The van der Waals surface area contributed by atoms with E-state index in [4.69, 9.17) is 14.6 Å². The lowest BCUT2D eigenvalue weighted by Gasteiger charge is -2.19. The quantitative estimate of drug-likeness (QED) is 0.784. The van der Waals surface area contributed by atoms with Crippen LogP contribution in [-0.4, -0.2) is 30.0 Å². The van der Waals surface area contributed by atoms with Crippen LogP contribution in [0.5, 0.6) is 17.2 Å². The van der Waals surface area contributed by atoms with Crippen molar-refractivity contribution in [3.63, 3.8) is 0 Å². The summed E-state index contributed by atoms with van der Waals surface area (Å²) in [5, 5.41) is 18.3. The van der Waals surface area contributed by atoms with Crippen molar-refractivity contribution in [2.45, 2.75) is 12.8 Å². The van der Waals surface area contributed by atoms with Gasteiger partial charge in [0.15, 0.2) is 11.5 Å². The van der Waals surface area contributed by atoms with Crippen molar-refractivity contribution in [1.82, 2.24) is 0 Å². The van der Waals surface area contributed by atoms with Gasteiger partial charge >= 0.3 is 0 Å². The molecule has 2 rings (SSSR count). The van der Waals surface area contributed by atoms with Gasteiger partial charge in [0.1, 0.15) is 12.4 Å². The van der Waals surface area contributed by atoms with Gasteiger partial charge in [0, 0.05) is 11.6 Å². The summed E-state index contributed by atoms with van der Waals surface area (Å²) in [5.74, 6) is 1.25. The first kappa shape index (κ1) is 10.1. The summed E-state index contributed by atoms with van der Waals surface area (Å²) in [6, 6.07) is 3.36. The van der Waals surface area contributed by atoms with E-state index in [2.05, 4.69) is 0 Å². The molecule has 4 nitrogen and oxygen atoms in total. The number of fused-ring (bicyclic) bond motifs is 1. The highest BCUT2D eigenvalue weighted by atomic mass is 16.5. The Balaban J connectivity index is 2.24. The fourth-order valence-corrected chi connectivity index (χ4v) is 1.68. The van der Waals surface area contributed by atoms with E-state index in [9.17, 15) is 5.11 Å². The third kappa shape index (κ3) is 2.15. The predicted molar refractivity (Wildman–Crippen MR) is 54.5 cm³/mol. The maximum atomic E-state index is 9.67. The Hall–Kier alpha value is -1.42. The number of aliphatic hydroxyl groups is 1. The Morgan fingerprint density at radius 2 is 2.27 bits per heavy atom. The molecular formula is C11H14O4. The fraction of sp³-hybridized carbons (Fsp3) is 0.455. The molecule has 0 bridgehead atoms. The molecule has 0 atom stereocenters. The molecule has 4 heteroatoms. The largest absolute Gasteiger partial charge is 0.504 e. The van der Waals surface area contributed by atoms with Crippen molar-refractivity contribution in [1.29, 1.82) is 0 Å². The molecule has 1 aromatic rings. The van der Waals surface area contributed by atoms with E-state index in [0.29, 0.717) is 18.1 Å². The number of hydrogen-bond donors (Lipinski definition) is 2. The highest BCUT2D eigenvalue weighted by molar-refractivity contribution is 5.51. The molecule has 1 aromatic carbocycles. The van der Waals surface area contributed by atoms with Crippen LogP contribution in [0.4, 0.5) is 0 Å². The van der Waals surface area contributed by atoms with Crippen LogP contribution < -0.4 is 9.47 Å². The molecule has 0 amide bonds. The smallest absolute Gasteiger partial charge is 0.164 e. The van der Waals surface area contributed by atoms with Gasteiger partial charge in [-0.2, -0.15) is 0 Å². The summed E-state index contributed by atoms with van der Waals surface area (Å²) in [4.78, 5) is 0. The lowest BCUT2D eigenvalue weighted by atomic mass is 10.1. The molecule has 0 aromatic heterocycles. The molecule has 0 spiro atoms. The van der Waals surface area contributed by atoms with E-state index in [1.807, 2.05) is 6.07 Å². The maximum Gasteiger partial charge on any atom is 0.164 e. The average molecular weight is 210 g/mol. The van der Waals surface area contributed by atoms with E-state index < -0.39 is 0 Å². The second kappa shape index (κ2) is 4.40. The monoisotopic (exact) mass is 210 g/mol. The summed E-state index contributed by atoms with van der Waals surface area (Å²) in [6.45, 7) is 0.852. The molecule has 0 radical (unpaired) electrons. The van der Waals surface area contributed by atoms with Gasteiger partial charge in [-0.25, -0.2) is 0 Å². The third-order valence-electron chi connectivity index (χ3n) is 2.32. The lowest BCUT2D eigenvalue weighted by molar-refractivity contribution is 0.200. The maximum absolute atomic E-state index is 9.67. The number of aryl methyl sites for hydroxylation is 1. The van der Waals surface area contributed by atoms with Crippen LogP contribution in [-0.2, 0) is 6.42 Å². The van der Waals surface area contributed by atoms with Crippen molar-refractivity contribution in [3.05, 3.63) is 17.7 Å². The van der Waals surface area contributed by atoms with Crippen LogP contribution in [0.1, 0.15) is 12.0 Å². The Morgan fingerprint density at radius 1 is 1.40 bits per heavy atom. The second-order valence-electron chi connectivity index (χ2n) is 3.45. The molecule has 0 saturated carbocycles. The van der Waals surface area contributed by atoms with Crippen molar-refractivity contribution in [2.75, 3.05) is 19.8 Å². The summed E-state index contributed by atoms with van der Waals surface area (Å²) in [6.07, 6.45) is 1.84. The van der Waals surface area contributed by atoms with Crippen molar-refractivity contribution in [3.8, 4) is 17.2 Å². The predicted octanol–water partition coefficient (Wildman–Crippen LogP) is 1.09. The van der Waals surface area contributed by atoms with Crippen molar-refractivity contribution >= 4 is 0 Å². The van der Waals surface area contributed by atoms with Gasteiger partial charge in [-0.1, -0.05) is 0 Å². The van der Waals surface area contributed by atoms with Gasteiger partial charge in [-0.05, 0) is 18.9 Å². The molecule has 0 aliphatic carbocycles. The number of rotatable bonds is 3. The normalized spacial score (nSPS) is 14.2. The number of aromatic hydroxyl groups is 1. The summed E-state index contributed by atoms with van der Waals surface area (Å²) >= 11 is 0. The summed E-state index contributed by atoms with van der Waals surface area (Å²) < 4.78 is 10.6. The first-order chi connectivity index (χ1) is 7.31. The zero-order valence-electron chi connectivity index (χ0n) is 8.40. The Morgan fingerprint density at radius 3 is 3.07 bits per heavy atom. The molecule has 1 heterocycles. The lowest BCUT2D eigenvalue weighted by Crippen LogP contribution is -2.09. The average Bonchev–Trinajstić information content (AvgIpc) is 2.26. The highest BCUT2D eigenvalue weighted by Crippen LogP contribution is 2.37. The molecule has 0 saturated heterocycles. The Labute approximate surface area is 88.1 Å². The number of benzene rings is 1. The van der Waals surface area contributed by atoms with Crippen LogP contribution in [0.3, 0.4) is 0 Å². The number of aliphatic hydroxyl groups excluding tert-OH is 1. The number of ether oxygens (including phenoxy) is 2. The summed E-state index contributed by atoms with van der Waals surface area (Å²) in [7, 11) is 0. The van der Waals surface area contributed by atoms with Gasteiger partial charge in [-0.3, -0.25) is 0 Å². The van der Waals surface area contributed by atoms with E-state index in [-0.39, 0.29) is 19.0 Å². The van der Waals surface area contributed by atoms with E-state index in [1.54, 1.807) is 0 Å². The molecule has 2 N–H and O–H groups in total. The second-order valence-corrected chi connectivity index (χ2v) is 3.45. The topological polar surface area (TPSA) is 58.9 Å². The van der Waals surface area contributed by atoms with Crippen LogP contribution in [0, 0.1) is 0 Å². The number of phenolic OH excluding ortho intramolecular Hbond substituents is 1. The van der Waals surface area contributed by atoms with E-state index in [0.717, 1.165) is 18.4 Å². The minimum absolute atomic E-state index is 0.0334. The minimum atomic E-state index is -0.0334. The zero-order valence-corrected chi connectivity index (χ0v) is 8.40. The van der Waals surface area contributed by atoms with Crippen LogP contribution in [0.25, 0.3) is 0 Å². The van der Waals surface area contributed by atoms with E-state index in [1.165, 1.54) is 6.07 Å². The number of phenols is 1. The molecule has 82 valence electrons. The van der Waals surface area contributed by atoms with Crippen LogP contribution >= 0.6 is 0 Å². The van der Waals surface area contributed by atoms with Gasteiger partial charge in [0.25, 0.3) is 0 Å². The van der Waals surface area contributed by atoms with Crippen LogP contribution in [0.2, 0.25) is 0 Å². The van der Waals surface area contributed by atoms with Gasteiger partial charge in [-0.15, -0.1) is 0 Å². The summed E-state index contributed by atoms with van der Waals surface area (Å²) in [5.41, 5.74) is 0.967. The first-order valence-corrected chi connectivity index (χ1v) is 5.03. The Kier molecular flexibility index (Phi) is 2.97. The highest BCUT2D eigenvalue weighted by Gasteiger charge is 2.16. The number of hydrogen-bond acceptors (Lipinski definition) is 4. The molecule has 0 fully saturated rings. The SMILES string of the molecule is OCCOc1cc(O)c2c(c1)CCCO2. The van der Waals surface area contributed by atoms with Gasteiger partial charge < -0.3 is 19.7 Å². The third-order valence-corrected chi connectivity index (χ3v) is 2.32. The van der Waals surface area contributed by atoms with Gasteiger partial charge in [0.2, 0.25) is 0 Å². The van der Waals surface area contributed by atoms with E-state index >= 15 is 0 Å². The first-order valence-electron chi connectivity index (χ1n) is 5.03. The molecule has 15 heavy (non-hydrogen) atoms. The molecule has 1 aliphatic rings. The minimum Gasteiger partial charge on any atom is -0.504 e. The molecular weight excluding hydrogens is 196 g/mol. The fourth-order valence-electron chi connectivity index (χ4n) is 1.68. The zero-order chi connectivity index (χ0) is 10.7. The van der Waals surface area contributed by atoms with Crippen LogP contribution in [0.15, 0.2) is 12.1 Å². The van der Waals surface area contributed by atoms with Gasteiger partial charge in [0.05, 0.1) is 13.2 Å². The molecule has 1 aliphatic heterocycles. The van der Waals surface area contributed by atoms with Crippen molar-refractivity contribution in [2.24, 2.45) is 0 Å². The Bertz CT molecular complexity index is 349.